The van der Waals surface area contributed by atoms with Gasteiger partial charge in [-0.1, -0.05) is 31.9 Å². The highest BCUT2D eigenvalue weighted by Gasteiger charge is 2.18. The van der Waals surface area contributed by atoms with Gasteiger partial charge >= 0.3 is 0 Å². The van der Waals surface area contributed by atoms with Gasteiger partial charge in [0.2, 0.25) is 0 Å². The molecule has 1 fully saturated rings. The quantitative estimate of drug-likeness (QED) is 0.795. The second-order valence-electron chi connectivity index (χ2n) is 5.38. The molecule has 3 heteroatoms. The molecular weight excluding hydrogens is 257 g/mol. The predicted molar refractivity (Wildman–Crippen MR) is 82.1 cm³/mol. The number of unbranched alkanes of at least 4 members (excludes halogenated alkanes) is 1. The van der Waals surface area contributed by atoms with Crippen LogP contribution in [0.4, 0.5) is 4.39 Å². The van der Waals surface area contributed by atoms with E-state index < -0.39 is 0 Å². The SMILES string of the molecule is CCCCC(NCC1CCSC1)c1ccc(F)cc1. The largest absolute Gasteiger partial charge is 0.310 e. The standard InChI is InChI=1S/C16H24FNS/c1-2-3-4-16(14-5-7-15(17)8-6-14)18-11-13-9-10-19-12-13/h5-8,13,16,18H,2-4,9-12H2,1H3. The lowest BCUT2D eigenvalue weighted by atomic mass is 10.00. The fourth-order valence-corrected chi connectivity index (χ4v) is 3.83. The molecule has 0 spiro atoms. The number of hydrogen-bond donors (Lipinski definition) is 1. The van der Waals surface area contributed by atoms with Gasteiger partial charge in [0.15, 0.2) is 0 Å². The van der Waals surface area contributed by atoms with Crippen LogP contribution in [0.1, 0.15) is 44.2 Å². The van der Waals surface area contributed by atoms with Gasteiger partial charge in [0.1, 0.15) is 5.82 Å². The first-order chi connectivity index (χ1) is 9.29. The van der Waals surface area contributed by atoms with Gasteiger partial charge < -0.3 is 5.32 Å². The molecule has 0 saturated carbocycles. The van der Waals surface area contributed by atoms with Crippen molar-refractivity contribution in [2.24, 2.45) is 5.92 Å². The van der Waals surface area contributed by atoms with E-state index in [1.54, 1.807) is 12.1 Å². The lowest BCUT2D eigenvalue weighted by molar-refractivity contribution is 0.431. The second kappa shape index (κ2) is 7.91. The third-order valence-electron chi connectivity index (χ3n) is 3.80. The Morgan fingerprint density at radius 2 is 2.16 bits per heavy atom. The average molecular weight is 281 g/mol. The Morgan fingerprint density at radius 3 is 2.79 bits per heavy atom. The lowest BCUT2D eigenvalue weighted by Gasteiger charge is -2.21. The van der Waals surface area contributed by atoms with Crippen LogP contribution in [-0.4, -0.2) is 18.1 Å². The Morgan fingerprint density at radius 1 is 1.37 bits per heavy atom. The maximum absolute atomic E-state index is 13.0. The highest BCUT2D eigenvalue weighted by molar-refractivity contribution is 7.99. The molecular formula is C16H24FNS. The Balaban J connectivity index is 1.91. The Hall–Kier alpha value is -0.540. The zero-order valence-electron chi connectivity index (χ0n) is 11.7. The molecule has 2 atom stereocenters. The van der Waals surface area contributed by atoms with Crippen molar-refractivity contribution in [3.8, 4) is 0 Å². The minimum absolute atomic E-state index is 0.148. The van der Waals surface area contributed by atoms with E-state index >= 15 is 0 Å². The highest BCUT2D eigenvalue weighted by Crippen LogP contribution is 2.25. The zero-order chi connectivity index (χ0) is 13.5. The van der Waals surface area contributed by atoms with Crippen molar-refractivity contribution in [2.45, 2.75) is 38.6 Å². The molecule has 0 amide bonds. The minimum atomic E-state index is -0.148. The van der Waals surface area contributed by atoms with E-state index in [2.05, 4.69) is 24.0 Å². The molecule has 1 saturated heterocycles. The Bertz CT molecular complexity index is 360. The molecule has 2 rings (SSSR count). The summed E-state index contributed by atoms with van der Waals surface area (Å²) < 4.78 is 13.0. The van der Waals surface area contributed by atoms with E-state index in [4.69, 9.17) is 0 Å². The third-order valence-corrected chi connectivity index (χ3v) is 5.03. The summed E-state index contributed by atoms with van der Waals surface area (Å²) in [7, 11) is 0. The Labute approximate surface area is 120 Å². The third kappa shape index (κ3) is 4.81. The van der Waals surface area contributed by atoms with Gasteiger partial charge in [-0.3, -0.25) is 0 Å². The maximum Gasteiger partial charge on any atom is 0.123 e. The van der Waals surface area contributed by atoms with Gasteiger partial charge in [0.05, 0.1) is 0 Å². The van der Waals surface area contributed by atoms with Crippen molar-refractivity contribution in [3.63, 3.8) is 0 Å². The van der Waals surface area contributed by atoms with Gasteiger partial charge in [-0.05, 0) is 54.5 Å². The first kappa shape index (κ1) is 14.9. The summed E-state index contributed by atoms with van der Waals surface area (Å²) in [5, 5.41) is 3.70. The minimum Gasteiger partial charge on any atom is -0.310 e. The van der Waals surface area contributed by atoms with Crippen molar-refractivity contribution < 1.29 is 4.39 Å². The fraction of sp³-hybridized carbons (Fsp3) is 0.625. The van der Waals surface area contributed by atoms with E-state index in [0.29, 0.717) is 6.04 Å². The number of hydrogen-bond acceptors (Lipinski definition) is 2. The van der Waals surface area contributed by atoms with E-state index in [-0.39, 0.29) is 5.82 Å². The molecule has 1 aromatic carbocycles. The second-order valence-corrected chi connectivity index (χ2v) is 6.53. The maximum atomic E-state index is 13.0. The summed E-state index contributed by atoms with van der Waals surface area (Å²) in [6.45, 7) is 3.31. The highest BCUT2D eigenvalue weighted by atomic mass is 32.2. The molecule has 0 bridgehead atoms. The van der Waals surface area contributed by atoms with Crippen LogP contribution in [0.3, 0.4) is 0 Å². The summed E-state index contributed by atoms with van der Waals surface area (Å²) in [4.78, 5) is 0. The molecule has 106 valence electrons. The van der Waals surface area contributed by atoms with Crippen molar-refractivity contribution in [2.75, 3.05) is 18.1 Å². The van der Waals surface area contributed by atoms with Crippen LogP contribution in [0.2, 0.25) is 0 Å². The van der Waals surface area contributed by atoms with Crippen molar-refractivity contribution in [1.29, 1.82) is 0 Å². The first-order valence-electron chi connectivity index (χ1n) is 7.36. The molecule has 1 aliphatic heterocycles. The number of thioether (sulfide) groups is 1. The number of rotatable bonds is 7. The van der Waals surface area contributed by atoms with Gasteiger partial charge in [-0.15, -0.1) is 0 Å². The molecule has 1 heterocycles. The molecule has 1 N–H and O–H groups in total. The first-order valence-corrected chi connectivity index (χ1v) is 8.51. The van der Waals surface area contributed by atoms with Crippen LogP contribution in [-0.2, 0) is 0 Å². The van der Waals surface area contributed by atoms with Gasteiger partial charge in [0.25, 0.3) is 0 Å². The monoisotopic (exact) mass is 281 g/mol. The molecule has 2 unspecified atom stereocenters. The smallest absolute Gasteiger partial charge is 0.123 e. The molecule has 1 aromatic rings. The molecule has 1 aliphatic rings. The summed E-state index contributed by atoms with van der Waals surface area (Å²) in [5.41, 5.74) is 1.22. The van der Waals surface area contributed by atoms with Crippen LogP contribution < -0.4 is 5.32 Å². The van der Waals surface area contributed by atoms with E-state index in [1.165, 1.54) is 36.3 Å². The Kier molecular flexibility index (Phi) is 6.18. The average Bonchev–Trinajstić information content (AvgIpc) is 2.93. The van der Waals surface area contributed by atoms with Crippen molar-refractivity contribution in [3.05, 3.63) is 35.6 Å². The zero-order valence-corrected chi connectivity index (χ0v) is 12.5. The molecule has 1 nitrogen and oxygen atoms in total. The molecule has 0 aliphatic carbocycles. The normalized spacial score (nSPS) is 20.6. The van der Waals surface area contributed by atoms with Crippen molar-refractivity contribution in [1.82, 2.24) is 5.32 Å². The van der Waals surface area contributed by atoms with Gasteiger partial charge in [0, 0.05) is 6.04 Å². The molecule has 0 aromatic heterocycles. The van der Waals surface area contributed by atoms with Crippen LogP contribution >= 0.6 is 11.8 Å². The molecule has 0 radical (unpaired) electrons. The van der Waals surface area contributed by atoms with Gasteiger partial charge in [-0.25, -0.2) is 4.39 Å². The van der Waals surface area contributed by atoms with Crippen molar-refractivity contribution >= 4 is 11.8 Å². The fourth-order valence-electron chi connectivity index (χ4n) is 2.54. The van der Waals surface area contributed by atoms with E-state index in [1.807, 2.05) is 12.1 Å². The topological polar surface area (TPSA) is 12.0 Å². The lowest BCUT2D eigenvalue weighted by Crippen LogP contribution is -2.27. The van der Waals surface area contributed by atoms with Crippen LogP contribution in [0.15, 0.2) is 24.3 Å². The van der Waals surface area contributed by atoms with E-state index in [9.17, 15) is 4.39 Å². The van der Waals surface area contributed by atoms with E-state index in [0.717, 1.165) is 18.9 Å². The summed E-state index contributed by atoms with van der Waals surface area (Å²) in [6, 6.07) is 7.37. The van der Waals surface area contributed by atoms with Crippen LogP contribution in [0, 0.1) is 11.7 Å². The number of nitrogens with one attached hydrogen (secondary N) is 1. The summed E-state index contributed by atoms with van der Waals surface area (Å²) in [6.07, 6.45) is 4.90. The number of benzene rings is 1. The van der Waals surface area contributed by atoms with Crippen LogP contribution in [0.25, 0.3) is 0 Å². The predicted octanol–water partition coefficient (Wildman–Crippen LogP) is 4.40. The molecule has 19 heavy (non-hydrogen) atoms. The van der Waals surface area contributed by atoms with Gasteiger partial charge in [-0.2, -0.15) is 11.8 Å². The van der Waals surface area contributed by atoms with Crippen LogP contribution in [0.5, 0.6) is 0 Å². The summed E-state index contributed by atoms with van der Waals surface area (Å²) in [5.74, 6) is 3.26. The number of halogens is 1. The summed E-state index contributed by atoms with van der Waals surface area (Å²) >= 11 is 2.06.